The third-order valence-electron chi connectivity index (χ3n) is 3.58. The molecule has 0 spiro atoms. The number of unbranched alkanes of at least 4 members (excludes halogenated alkanes) is 12. The summed E-state index contributed by atoms with van der Waals surface area (Å²) in [5, 5.41) is 8.66. The highest BCUT2D eigenvalue weighted by Crippen LogP contribution is 2.14. The molecule has 0 aromatic heterocycles. The van der Waals surface area contributed by atoms with Crippen molar-refractivity contribution < 1.29 is 5.11 Å². The number of hydrogen-bond acceptors (Lipinski definition) is 1. The first-order valence-electron chi connectivity index (χ1n) is 8.16. The SMILES string of the molecule is OCCCCCCCCCCCCCCC[SiH](Cl)Cl. The van der Waals surface area contributed by atoms with E-state index in [0.29, 0.717) is 6.61 Å². The molecule has 0 saturated heterocycles. The number of hydrogen-bond donors (Lipinski definition) is 1. The molecule has 19 heavy (non-hydrogen) atoms. The van der Waals surface area contributed by atoms with Gasteiger partial charge in [0.05, 0.1) is 0 Å². The van der Waals surface area contributed by atoms with Gasteiger partial charge in [-0.2, -0.15) is 22.2 Å². The van der Waals surface area contributed by atoms with Crippen LogP contribution < -0.4 is 0 Å². The van der Waals surface area contributed by atoms with Crippen molar-refractivity contribution in [3.63, 3.8) is 0 Å². The molecule has 0 aliphatic rings. The third kappa shape index (κ3) is 18.8. The molecule has 0 rings (SSSR count). The van der Waals surface area contributed by atoms with Gasteiger partial charge in [-0.15, -0.1) is 0 Å². The summed E-state index contributed by atoms with van der Waals surface area (Å²) < 4.78 is 0. The number of rotatable bonds is 15. The molecule has 0 unspecified atom stereocenters. The van der Waals surface area contributed by atoms with Crippen molar-refractivity contribution in [2.75, 3.05) is 6.61 Å². The summed E-state index contributed by atoms with van der Waals surface area (Å²) >= 11 is 11.6. The molecule has 0 saturated carbocycles. The standard InChI is InChI=1S/C15H32Cl2OSi/c16-19(17)15-13-11-9-7-5-3-1-2-4-6-8-10-12-14-18/h18-19H,1-15H2. The lowest BCUT2D eigenvalue weighted by molar-refractivity contribution is 0.282. The fourth-order valence-corrected chi connectivity index (χ4v) is 3.88. The van der Waals surface area contributed by atoms with E-state index in [1.54, 1.807) is 0 Å². The summed E-state index contributed by atoms with van der Waals surface area (Å²) in [6, 6.07) is 1.08. The average molecular weight is 327 g/mol. The molecular weight excluding hydrogens is 295 g/mol. The van der Waals surface area contributed by atoms with E-state index in [2.05, 4.69) is 0 Å². The molecule has 0 bridgehead atoms. The Kier molecular flexibility index (Phi) is 17.5. The Bertz CT molecular complexity index is 168. The van der Waals surface area contributed by atoms with Gasteiger partial charge >= 0.3 is 0 Å². The van der Waals surface area contributed by atoms with Gasteiger partial charge < -0.3 is 5.11 Å². The molecule has 116 valence electrons. The molecule has 1 nitrogen and oxygen atoms in total. The van der Waals surface area contributed by atoms with Gasteiger partial charge in [0.15, 0.2) is 0 Å². The topological polar surface area (TPSA) is 20.2 Å². The lowest BCUT2D eigenvalue weighted by Gasteiger charge is -2.03. The van der Waals surface area contributed by atoms with Crippen LogP contribution in [0.4, 0.5) is 0 Å². The van der Waals surface area contributed by atoms with E-state index >= 15 is 0 Å². The van der Waals surface area contributed by atoms with E-state index in [-0.39, 0.29) is 0 Å². The van der Waals surface area contributed by atoms with Gasteiger partial charge in [-0.3, -0.25) is 0 Å². The van der Waals surface area contributed by atoms with Crippen LogP contribution in [0.3, 0.4) is 0 Å². The minimum atomic E-state index is -1.33. The predicted molar refractivity (Wildman–Crippen MR) is 90.8 cm³/mol. The van der Waals surface area contributed by atoms with Crippen molar-refractivity contribution in [3.8, 4) is 0 Å². The van der Waals surface area contributed by atoms with Crippen molar-refractivity contribution in [3.05, 3.63) is 0 Å². The summed E-state index contributed by atoms with van der Waals surface area (Å²) in [6.45, 7) is 0.360. The van der Waals surface area contributed by atoms with E-state index in [4.69, 9.17) is 27.3 Å². The van der Waals surface area contributed by atoms with Crippen molar-refractivity contribution in [1.29, 1.82) is 0 Å². The monoisotopic (exact) mass is 326 g/mol. The second-order valence-corrected chi connectivity index (χ2v) is 10.7. The number of aliphatic hydroxyl groups is 1. The molecule has 0 radical (unpaired) electrons. The van der Waals surface area contributed by atoms with E-state index in [1.807, 2.05) is 0 Å². The van der Waals surface area contributed by atoms with Gasteiger partial charge in [0.25, 0.3) is 0 Å². The predicted octanol–water partition coefficient (Wildman–Crippen LogP) is 5.75. The maximum atomic E-state index is 8.66. The fraction of sp³-hybridized carbons (Fsp3) is 1.00. The number of aliphatic hydroxyl groups excluding tert-OH is 1. The summed E-state index contributed by atoms with van der Waals surface area (Å²) in [6.07, 6.45) is 17.1. The Morgan fingerprint density at radius 2 is 0.842 bits per heavy atom. The van der Waals surface area contributed by atoms with E-state index in [9.17, 15) is 0 Å². The van der Waals surface area contributed by atoms with E-state index in [0.717, 1.165) is 12.5 Å². The highest BCUT2D eigenvalue weighted by atomic mass is 35.7. The molecule has 0 aromatic carbocycles. The zero-order valence-electron chi connectivity index (χ0n) is 12.4. The second-order valence-electron chi connectivity index (χ2n) is 5.50. The first-order chi connectivity index (χ1) is 9.27. The fourth-order valence-electron chi connectivity index (χ4n) is 2.35. The summed E-state index contributed by atoms with van der Waals surface area (Å²) in [4.78, 5) is 0. The minimum Gasteiger partial charge on any atom is -0.396 e. The smallest absolute Gasteiger partial charge is 0.237 e. The maximum Gasteiger partial charge on any atom is 0.237 e. The molecule has 0 aromatic rings. The van der Waals surface area contributed by atoms with Crippen molar-refractivity contribution in [2.24, 2.45) is 0 Å². The number of halogens is 2. The van der Waals surface area contributed by atoms with Gasteiger partial charge in [-0.05, 0) is 12.5 Å². The molecule has 0 amide bonds. The van der Waals surface area contributed by atoms with Crippen LogP contribution in [0.2, 0.25) is 6.04 Å². The van der Waals surface area contributed by atoms with Gasteiger partial charge in [-0.1, -0.05) is 77.0 Å². The lowest BCUT2D eigenvalue weighted by atomic mass is 10.0. The van der Waals surface area contributed by atoms with Crippen LogP contribution >= 0.6 is 22.2 Å². The molecule has 1 N–H and O–H groups in total. The zero-order chi connectivity index (χ0) is 14.2. The third-order valence-corrected chi connectivity index (χ3v) is 5.73. The molecular formula is C15H32Cl2OSi. The van der Waals surface area contributed by atoms with Gasteiger partial charge in [-0.25, -0.2) is 0 Å². The molecule has 0 atom stereocenters. The minimum absolute atomic E-state index is 0.360. The highest BCUT2D eigenvalue weighted by molar-refractivity contribution is 7.33. The van der Waals surface area contributed by atoms with E-state index in [1.165, 1.54) is 77.0 Å². The van der Waals surface area contributed by atoms with Crippen molar-refractivity contribution in [1.82, 2.24) is 0 Å². The van der Waals surface area contributed by atoms with Crippen molar-refractivity contribution >= 4 is 29.6 Å². The average Bonchev–Trinajstić information content (AvgIpc) is 2.39. The van der Waals surface area contributed by atoms with Crippen molar-refractivity contribution in [2.45, 2.75) is 89.5 Å². The quantitative estimate of drug-likeness (QED) is 0.231. The van der Waals surface area contributed by atoms with Gasteiger partial charge in [0.1, 0.15) is 0 Å². The van der Waals surface area contributed by atoms with E-state index < -0.39 is 7.42 Å². The summed E-state index contributed by atoms with van der Waals surface area (Å²) in [5.74, 6) is 0. The molecule has 0 heterocycles. The van der Waals surface area contributed by atoms with Crippen LogP contribution in [0.1, 0.15) is 83.5 Å². The van der Waals surface area contributed by atoms with Crippen LogP contribution in [-0.2, 0) is 0 Å². The zero-order valence-corrected chi connectivity index (χ0v) is 15.1. The first-order valence-corrected chi connectivity index (χ1v) is 12.5. The summed E-state index contributed by atoms with van der Waals surface area (Å²) in [5.41, 5.74) is 0. The Morgan fingerprint density at radius 3 is 1.16 bits per heavy atom. The van der Waals surface area contributed by atoms with Gasteiger partial charge in [0, 0.05) is 6.61 Å². The Morgan fingerprint density at radius 1 is 0.526 bits per heavy atom. The van der Waals surface area contributed by atoms with Crippen LogP contribution in [0.25, 0.3) is 0 Å². The maximum absolute atomic E-state index is 8.66. The first kappa shape index (κ1) is 19.8. The summed E-state index contributed by atoms with van der Waals surface area (Å²) in [7, 11) is -1.33. The Hall–Kier alpha value is 0.757. The molecule has 0 aliphatic heterocycles. The van der Waals surface area contributed by atoms with Crippen LogP contribution in [-0.4, -0.2) is 19.1 Å². The largest absolute Gasteiger partial charge is 0.396 e. The lowest BCUT2D eigenvalue weighted by Crippen LogP contribution is -1.91. The molecule has 4 heteroatoms. The normalized spacial score (nSPS) is 11.4. The van der Waals surface area contributed by atoms with Gasteiger partial charge in [0.2, 0.25) is 7.42 Å². The van der Waals surface area contributed by atoms with Crippen LogP contribution in [0, 0.1) is 0 Å². The molecule has 0 fully saturated rings. The second kappa shape index (κ2) is 16.8. The highest BCUT2D eigenvalue weighted by Gasteiger charge is 2.00. The molecule has 0 aliphatic carbocycles. The Balaban J connectivity index is 2.91. The Labute approximate surface area is 131 Å². The van der Waals surface area contributed by atoms with Crippen LogP contribution in [0.5, 0.6) is 0 Å². The van der Waals surface area contributed by atoms with Crippen LogP contribution in [0.15, 0.2) is 0 Å².